The summed E-state index contributed by atoms with van der Waals surface area (Å²) >= 11 is 0. The van der Waals surface area contributed by atoms with E-state index in [1.54, 1.807) is 0 Å². The third kappa shape index (κ3) is 5.38. The molecule has 7 nitrogen and oxygen atoms in total. The topological polar surface area (TPSA) is 84.3 Å². The number of sulfonamides is 1. The molecule has 2 heterocycles. The first-order chi connectivity index (χ1) is 16.8. The van der Waals surface area contributed by atoms with Gasteiger partial charge >= 0.3 is 6.18 Å². The molecule has 1 fully saturated rings. The molecule has 0 bridgehead atoms. The zero-order valence-corrected chi connectivity index (χ0v) is 19.0. The maximum Gasteiger partial charge on any atom is 0.435 e. The van der Waals surface area contributed by atoms with E-state index in [4.69, 9.17) is 0 Å². The fourth-order valence-corrected chi connectivity index (χ4v) is 5.42. The number of hydrogen-bond acceptors (Lipinski definition) is 4. The van der Waals surface area contributed by atoms with Crippen LogP contribution in [-0.4, -0.2) is 47.2 Å². The Morgan fingerprint density at radius 2 is 1.75 bits per heavy atom. The number of halogens is 6. The van der Waals surface area contributed by atoms with E-state index in [0.29, 0.717) is 4.31 Å². The van der Waals surface area contributed by atoms with Crippen molar-refractivity contribution in [3.8, 4) is 5.69 Å². The highest BCUT2D eigenvalue weighted by Crippen LogP contribution is 2.29. The van der Waals surface area contributed by atoms with Gasteiger partial charge in [-0.3, -0.25) is 4.79 Å². The molecule has 2 atom stereocenters. The third-order valence-corrected chi connectivity index (χ3v) is 7.37. The molecular formula is C22H18F6N4O3S. The summed E-state index contributed by atoms with van der Waals surface area (Å²) in [6.07, 6.45) is -5.74. The number of aromatic nitrogens is 2. The largest absolute Gasteiger partial charge is 0.435 e. The zero-order chi connectivity index (χ0) is 26.3. The van der Waals surface area contributed by atoms with Gasteiger partial charge in [-0.15, -0.1) is 0 Å². The molecule has 192 valence electrons. The molecule has 0 spiro atoms. The molecule has 1 aromatic heterocycles. The van der Waals surface area contributed by atoms with E-state index in [0.717, 1.165) is 53.3 Å². The van der Waals surface area contributed by atoms with Gasteiger partial charge in [0.05, 0.1) is 10.6 Å². The Balaban J connectivity index is 1.50. The number of amides is 1. The van der Waals surface area contributed by atoms with Crippen LogP contribution in [-0.2, 0) is 27.5 Å². The first-order valence-electron chi connectivity index (χ1n) is 10.5. The van der Waals surface area contributed by atoms with E-state index in [1.807, 2.05) is 0 Å². The van der Waals surface area contributed by atoms with Gasteiger partial charge in [-0.05, 0) is 54.1 Å². The summed E-state index contributed by atoms with van der Waals surface area (Å²) in [4.78, 5) is 12.5. The van der Waals surface area contributed by atoms with Crippen molar-refractivity contribution in [1.29, 1.82) is 0 Å². The molecule has 14 heteroatoms. The van der Waals surface area contributed by atoms with Crippen molar-refractivity contribution in [3.63, 3.8) is 0 Å². The van der Waals surface area contributed by atoms with Gasteiger partial charge in [0.1, 0.15) is 23.8 Å². The quantitative estimate of drug-likeness (QED) is 0.492. The van der Waals surface area contributed by atoms with E-state index in [2.05, 4.69) is 10.4 Å². The van der Waals surface area contributed by atoms with Gasteiger partial charge < -0.3 is 5.32 Å². The molecule has 0 radical (unpaired) electrons. The van der Waals surface area contributed by atoms with Crippen LogP contribution in [0.4, 0.5) is 26.3 Å². The number of rotatable bonds is 6. The van der Waals surface area contributed by atoms with Crippen LogP contribution in [0, 0.1) is 11.6 Å². The molecule has 2 aromatic carbocycles. The smallest absolute Gasteiger partial charge is 0.351 e. The first kappa shape index (κ1) is 25.7. The maximum absolute atomic E-state index is 14.2. The van der Waals surface area contributed by atoms with Crippen molar-refractivity contribution >= 4 is 15.9 Å². The predicted octanol–water partition coefficient (Wildman–Crippen LogP) is 3.59. The highest BCUT2D eigenvalue weighted by Gasteiger charge is 2.44. The van der Waals surface area contributed by atoms with Crippen molar-refractivity contribution in [3.05, 3.63) is 77.6 Å². The van der Waals surface area contributed by atoms with E-state index < -0.39 is 64.6 Å². The number of nitrogens with one attached hydrogen (secondary N) is 1. The lowest BCUT2D eigenvalue weighted by atomic mass is 10.1. The van der Waals surface area contributed by atoms with E-state index >= 15 is 0 Å². The Hall–Kier alpha value is -3.39. The van der Waals surface area contributed by atoms with Crippen molar-refractivity contribution in [2.24, 2.45) is 0 Å². The van der Waals surface area contributed by atoms with E-state index in [-0.39, 0.29) is 22.7 Å². The zero-order valence-electron chi connectivity index (χ0n) is 18.2. The summed E-state index contributed by atoms with van der Waals surface area (Å²) in [5.74, 6) is -2.34. The molecule has 1 N–H and O–H groups in total. The Bertz CT molecular complexity index is 1380. The van der Waals surface area contributed by atoms with Crippen LogP contribution in [0.1, 0.15) is 17.7 Å². The summed E-state index contributed by atoms with van der Waals surface area (Å²) in [6.45, 7) is -0.905. The van der Waals surface area contributed by atoms with Crippen LogP contribution in [0.2, 0.25) is 0 Å². The molecule has 0 saturated carbocycles. The third-order valence-electron chi connectivity index (χ3n) is 5.48. The van der Waals surface area contributed by atoms with Crippen LogP contribution in [0.25, 0.3) is 5.69 Å². The van der Waals surface area contributed by atoms with Crippen LogP contribution < -0.4 is 5.32 Å². The fraction of sp³-hybridized carbons (Fsp3) is 0.273. The molecule has 4 rings (SSSR count). The number of carbonyl (C=O) groups is 1. The van der Waals surface area contributed by atoms with Gasteiger partial charge in [-0.25, -0.2) is 26.3 Å². The van der Waals surface area contributed by atoms with Gasteiger partial charge in [-0.2, -0.15) is 22.6 Å². The number of benzene rings is 2. The molecule has 3 aromatic rings. The van der Waals surface area contributed by atoms with Crippen molar-refractivity contribution < 1.29 is 39.6 Å². The predicted molar refractivity (Wildman–Crippen MR) is 114 cm³/mol. The maximum atomic E-state index is 14.2. The lowest BCUT2D eigenvalue weighted by molar-refractivity contribution is -0.141. The summed E-state index contributed by atoms with van der Waals surface area (Å²) in [6, 6.07) is 6.40. The molecule has 1 amide bonds. The minimum absolute atomic E-state index is 0.0417. The van der Waals surface area contributed by atoms with Gasteiger partial charge in [0.2, 0.25) is 15.9 Å². The van der Waals surface area contributed by atoms with Crippen LogP contribution >= 0.6 is 0 Å². The molecule has 0 unspecified atom stereocenters. The van der Waals surface area contributed by atoms with Gasteiger partial charge in [0.15, 0.2) is 5.69 Å². The van der Waals surface area contributed by atoms with Crippen molar-refractivity contribution in [1.82, 2.24) is 19.4 Å². The minimum Gasteiger partial charge on any atom is -0.351 e. The Morgan fingerprint density at radius 3 is 2.39 bits per heavy atom. The minimum atomic E-state index is -4.69. The van der Waals surface area contributed by atoms with Crippen molar-refractivity contribution in [2.75, 3.05) is 6.54 Å². The number of carbonyl (C=O) groups excluding carboxylic acids is 1. The van der Waals surface area contributed by atoms with Crippen molar-refractivity contribution in [2.45, 2.75) is 36.3 Å². The average molecular weight is 532 g/mol. The Kier molecular flexibility index (Phi) is 6.84. The highest BCUT2D eigenvalue weighted by molar-refractivity contribution is 7.89. The monoisotopic (exact) mass is 532 g/mol. The Morgan fingerprint density at radius 1 is 1.06 bits per heavy atom. The second kappa shape index (κ2) is 9.58. The van der Waals surface area contributed by atoms with Gasteiger partial charge in [0.25, 0.3) is 0 Å². The summed E-state index contributed by atoms with van der Waals surface area (Å²) in [5, 5.41) is 5.78. The summed E-state index contributed by atoms with van der Waals surface area (Å²) in [7, 11) is -4.32. The first-order valence-corrected chi connectivity index (χ1v) is 11.9. The molecular weight excluding hydrogens is 514 g/mol. The van der Waals surface area contributed by atoms with Gasteiger partial charge in [-0.1, -0.05) is 0 Å². The lowest BCUT2D eigenvalue weighted by Crippen LogP contribution is -2.45. The molecule has 36 heavy (non-hydrogen) atoms. The van der Waals surface area contributed by atoms with Crippen LogP contribution in [0.3, 0.4) is 0 Å². The molecule has 0 aliphatic carbocycles. The van der Waals surface area contributed by atoms with E-state index in [9.17, 15) is 39.6 Å². The number of hydrogen-bond donors (Lipinski definition) is 1. The standard InChI is InChI=1S/C22H18F6N4O3S/c23-14-1-3-18(4-2-14)36(34,35)32-12-16(25)10-19(32)21(33)29-11-13-7-15(24)9-17(8-13)31-6-5-20(30-31)22(26,27)28/h1-9,16,19H,10-12H2,(H,29,33)/t16-,19+/m1/s1. The second-order valence-electron chi connectivity index (χ2n) is 8.06. The summed E-state index contributed by atoms with van der Waals surface area (Å²) < 4.78 is 107. The molecule has 1 saturated heterocycles. The molecule has 1 aliphatic heterocycles. The number of alkyl halides is 4. The van der Waals surface area contributed by atoms with Crippen LogP contribution in [0.15, 0.2) is 59.6 Å². The second-order valence-corrected chi connectivity index (χ2v) is 9.95. The normalized spacial score (nSPS) is 18.9. The van der Waals surface area contributed by atoms with Crippen LogP contribution in [0.5, 0.6) is 0 Å². The average Bonchev–Trinajstić information content (AvgIpc) is 3.45. The summed E-state index contributed by atoms with van der Waals surface area (Å²) in [5.41, 5.74) is -1.07. The Labute approximate surface area is 201 Å². The SMILES string of the molecule is O=C(NCc1cc(F)cc(-n2ccc(C(F)(F)F)n2)c1)[C@@H]1C[C@@H](F)CN1S(=O)(=O)c1ccc(F)cc1. The van der Waals surface area contributed by atoms with E-state index in [1.165, 1.54) is 6.07 Å². The molecule has 1 aliphatic rings. The number of nitrogens with zero attached hydrogens (tertiary/aromatic N) is 3. The highest BCUT2D eigenvalue weighted by atomic mass is 32.2. The lowest BCUT2D eigenvalue weighted by Gasteiger charge is -2.23. The fourth-order valence-electron chi connectivity index (χ4n) is 3.80. The van der Waals surface area contributed by atoms with Gasteiger partial charge in [0, 0.05) is 25.7 Å².